The molecule has 0 aliphatic carbocycles. The third-order valence-corrected chi connectivity index (χ3v) is 3.29. The Morgan fingerprint density at radius 3 is 2.45 bits per heavy atom. The minimum Gasteiger partial charge on any atom is -0.480 e. The fourth-order valence-electron chi connectivity index (χ4n) is 1.80. The highest BCUT2D eigenvalue weighted by atomic mass is 35.5. The molecule has 6 heteroatoms. The molecule has 0 fully saturated rings. The van der Waals surface area contributed by atoms with Gasteiger partial charge in [-0.1, -0.05) is 35.3 Å². The van der Waals surface area contributed by atoms with Crippen molar-refractivity contribution >= 4 is 41.1 Å². The number of hydrogen-bond acceptors (Lipinski definition) is 3. The lowest BCUT2D eigenvalue weighted by Gasteiger charge is -2.16. The van der Waals surface area contributed by atoms with E-state index in [-0.39, 0.29) is 5.91 Å². The summed E-state index contributed by atoms with van der Waals surface area (Å²) in [6, 6.07) is 11.4. The number of rotatable bonds is 5. The summed E-state index contributed by atoms with van der Waals surface area (Å²) in [6.07, 6.45) is -0.115. The number of anilines is 1. The Morgan fingerprint density at radius 1 is 1.18 bits per heavy atom. The molecule has 0 bridgehead atoms. The number of halogens is 2. The third kappa shape index (κ3) is 4.23. The van der Waals surface area contributed by atoms with E-state index in [1.807, 2.05) is 0 Å². The number of ether oxygens (including phenoxy) is 1. The molecular weight excluding hydrogens is 325 g/mol. The molecule has 0 aliphatic rings. The minimum atomic E-state index is -0.793. The van der Waals surface area contributed by atoms with Crippen LogP contribution in [-0.2, 0) is 4.79 Å². The zero-order valence-electron chi connectivity index (χ0n) is 11.7. The highest BCUT2D eigenvalue weighted by molar-refractivity contribution is 6.35. The van der Waals surface area contributed by atoms with Crippen LogP contribution in [0.15, 0.2) is 42.5 Å². The van der Waals surface area contributed by atoms with Gasteiger partial charge in [-0.3, -0.25) is 9.59 Å². The zero-order chi connectivity index (χ0) is 16.1. The SMILES string of the molecule is C[C@@H](Oc1ccccc1C=O)C(=O)Nc1cc(Cl)cc(Cl)c1. The molecule has 2 aromatic rings. The molecule has 0 spiro atoms. The van der Waals surface area contributed by atoms with E-state index in [2.05, 4.69) is 5.32 Å². The summed E-state index contributed by atoms with van der Waals surface area (Å²) < 4.78 is 5.52. The molecule has 114 valence electrons. The first kappa shape index (κ1) is 16.3. The van der Waals surface area contributed by atoms with Crippen LogP contribution < -0.4 is 10.1 Å². The van der Waals surface area contributed by atoms with Crippen LogP contribution in [0.5, 0.6) is 5.75 Å². The first-order valence-electron chi connectivity index (χ1n) is 6.47. The Bertz CT molecular complexity index is 683. The predicted molar refractivity (Wildman–Crippen MR) is 87.0 cm³/mol. The Balaban J connectivity index is 2.07. The van der Waals surface area contributed by atoms with Crippen LogP contribution in [0.4, 0.5) is 5.69 Å². The van der Waals surface area contributed by atoms with E-state index in [1.54, 1.807) is 49.4 Å². The molecule has 1 atom stereocenters. The van der Waals surface area contributed by atoms with Gasteiger partial charge in [0.2, 0.25) is 0 Å². The average molecular weight is 338 g/mol. The molecule has 2 rings (SSSR count). The predicted octanol–water partition coefficient (Wildman–Crippen LogP) is 4.21. The first-order chi connectivity index (χ1) is 10.5. The van der Waals surface area contributed by atoms with Gasteiger partial charge in [0.25, 0.3) is 5.91 Å². The molecule has 2 aromatic carbocycles. The van der Waals surface area contributed by atoms with Crippen molar-refractivity contribution in [1.82, 2.24) is 0 Å². The van der Waals surface area contributed by atoms with Gasteiger partial charge in [-0.05, 0) is 37.3 Å². The van der Waals surface area contributed by atoms with Crippen molar-refractivity contribution in [3.8, 4) is 5.75 Å². The maximum absolute atomic E-state index is 12.1. The monoisotopic (exact) mass is 337 g/mol. The number of benzene rings is 2. The number of hydrogen-bond donors (Lipinski definition) is 1. The fourth-order valence-corrected chi connectivity index (χ4v) is 2.33. The van der Waals surface area contributed by atoms with E-state index >= 15 is 0 Å². The van der Waals surface area contributed by atoms with Crippen LogP contribution in [0.25, 0.3) is 0 Å². The maximum Gasteiger partial charge on any atom is 0.265 e. The molecule has 1 N–H and O–H groups in total. The Hall–Kier alpha value is -2.04. The van der Waals surface area contributed by atoms with E-state index in [1.165, 1.54) is 0 Å². The van der Waals surface area contributed by atoms with Crippen LogP contribution in [0.1, 0.15) is 17.3 Å². The summed E-state index contributed by atoms with van der Waals surface area (Å²) in [7, 11) is 0. The summed E-state index contributed by atoms with van der Waals surface area (Å²) in [4.78, 5) is 23.1. The van der Waals surface area contributed by atoms with Crippen molar-refractivity contribution in [2.75, 3.05) is 5.32 Å². The van der Waals surface area contributed by atoms with Crippen LogP contribution in [0.2, 0.25) is 10.0 Å². The smallest absolute Gasteiger partial charge is 0.265 e. The number of nitrogens with one attached hydrogen (secondary N) is 1. The highest BCUT2D eigenvalue weighted by Crippen LogP contribution is 2.23. The largest absolute Gasteiger partial charge is 0.480 e. The van der Waals surface area contributed by atoms with E-state index in [9.17, 15) is 9.59 Å². The van der Waals surface area contributed by atoms with Gasteiger partial charge in [0, 0.05) is 15.7 Å². The van der Waals surface area contributed by atoms with Crippen molar-refractivity contribution in [2.45, 2.75) is 13.0 Å². The molecule has 0 aromatic heterocycles. The molecule has 0 radical (unpaired) electrons. The second-order valence-electron chi connectivity index (χ2n) is 4.56. The van der Waals surface area contributed by atoms with Crippen LogP contribution in [-0.4, -0.2) is 18.3 Å². The standard InChI is InChI=1S/C16H13Cl2NO3/c1-10(22-15-5-3-2-4-11(15)9-20)16(21)19-14-7-12(17)6-13(18)8-14/h2-10H,1H3,(H,19,21)/t10-/m1/s1. The van der Waals surface area contributed by atoms with Crippen LogP contribution in [0, 0.1) is 0 Å². The van der Waals surface area contributed by atoms with Crippen molar-refractivity contribution < 1.29 is 14.3 Å². The van der Waals surface area contributed by atoms with Crippen LogP contribution >= 0.6 is 23.2 Å². The van der Waals surface area contributed by atoms with Crippen molar-refractivity contribution in [3.63, 3.8) is 0 Å². The third-order valence-electron chi connectivity index (χ3n) is 2.85. The molecule has 4 nitrogen and oxygen atoms in total. The number of amides is 1. The second-order valence-corrected chi connectivity index (χ2v) is 5.44. The quantitative estimate of drug-likeness (QED) is 0.831. The van der Waals surface area contributed by atoms with Gasteiger partial charge < -0.3 is 10.1 Å². The van der Waals surface area contributed by atoms with E-state index < -0.39 is 6.10 Å². The molecular formula is C16H13Cl2NO3. The number of carbonyl (C=O) groups excluding carboxylic acids is 2. The summed E-state index contributed by atoms with van der Waals surface area (Å²) >= 11 is 11.8. The first-order valence-corrected chi connectivity index (χ1v) is 7.23. The van der Waals surface area contributed by atoms with Gasteiger partial charge in [0.1, 0.15) is 5.75 Å². The Labute approximate surface area is 138 Å². The van der Waals surface area contributed by atoms with E-state index in [0.29, 0.717) is 33.3 Å². The molecule has 0 heterocycles. The second kappa shape index (κ2) is 7.29. The molecule has 1 amide bonds. The van der Waals surface area contributed by atoms with E-state index in [0.717, 1.165) is 0 Å². The zero-order valence-corrected chi connectivity index (χ0v) is 13.2. The Kier molecular flexibility index (Phi) is 5.41. The fraction of sp³-hybridized carbons (Fsp3) is 0.125. The summed E-state index contributed by atoms with van der Waals surface area (Å²) in [5, 5.41) is 3.50. The van der Waals surface area contributed by atoms with Crippen molar-refractivity contribution in [1.29, 1.82) is 0 Å². The lowest BCUT2D eigenvalue weighted by atomic mass is 10.2. The van der Waals surface area contributed by atoms with E-state index in [4.69, 9.17) is 27.9 Å². The summed E-state index contributed by atoms with van der Waals surface area (Å²) in [6.45, 7) is 1.59. The average Bonchev–Trinajstić information content (AvgIpc) is 2.46. The summed E-state index contributed by atoms with van der Waals surface area (Å²) in [5.41, 5.74) is 0.856. The normalized spacial score (nSPS) is 11.6. The highest BCUT2D eigenvalue weighted by Gasteiger charge is 2.16. The van der Waals surface area contributed by atoms with Gasteiger partial charge in [-0.15, -0.1) is 0 Å². The number of aldehydes is 1. The number of carbonyl (C=O) groups is 2. The maximum atomic E-state index is 12.1. The molecule has 22 heavy (non-hydrogen) atoms. The molecule has 0 aliphatic heterocycles. The van der Waals surface area contributed by atoms with Gasteiger partial charge >= 0.3 is 0 Å². The molecule has 0 saturated carbocycles. The van der Waals surface area contributed by atoms with Crippen molar-refractivity contribution in [3.05, 3.63) is 58.1 Å². The topological polar surface area (TPSA) is 55.4 Å². The van der Waals surface area contributed by atoms with Gasteiger partial charge in [0.05, 0.1) is 5.56 Å². The van der Waals surface area contributed by atoms with Gasteiger partial charge in [0.15, 0.2) is 12.4 Å². The Morgan fingerprint density at radius 2 is 1.82 bits per heavy atom. The van der Waals surface area contributed by atoms with Gasteiger partial charge in [-0.25, -0.2) is 0 Å². The molecule has 0 unspecified atom stereocenters. The molecule has 0 saturated heterocycles. The van der Waals surface area contributed by atoms with Crippen LogP contribution in [0.3, 0.4) is 0 Å². The summed E-state index contributed by atoms with van der Waals surface area (Å²) in [5.74, 6) is -0.0247. The lowest BCUT2D eigenvalue weighted by Crippen LogP contribution is -2.30. The number of para-hydroxylation sites is 1. The lowest BCUT2D eigenvalue weighted by molar-refractivity contribution is -0.122. The van der Waals surface area contributed by atoms with Gasteiger partial charge in [-0.2, -0.15) is 0 Å². The van der Waals surface area contributed by atoms with Crippen molar-refractivity contribution in [2.24, 2.45) is 0 Å². The minimum absolute atomic E-state index is 0.351.